The fourth-order valence-electron chi connectivity index (χ4n) is 0.623. The summed E-state index contributed by atoms with van der Waals surface area (Å²) in [5, 5.41) is 0. The van der Waals surface area contributed by atoms with E-state index in [9.17, 15) is 0 Å². The van der Waals surface area contributed by atoms with E-state index in [2.05, 4.69) is 25.4 Å². The van der Waals surface area contributed by atoms with E-state index in [1.54, 1.807) is 0 Å². The maximum absolute atomic E-state index is 5.38. The van der Waals surface area contributed by atoms with Crippen LogP contribution < -0.4 is 5.73 Å². The van der Waals surface area contributed by atoms with Gasteiger partial charge >= 0.3 is 0 Å². The maximum atomic E-state index is 5.38. The lowest BCUT2D eigenvalue weighted by atomic mass is 10.8. The molecular formula is C8H19NSSi. The molecule has 0 bridgehead atoms. The van der Waals surface area contributed by atoms with E-state index in [1.165, 1.54) is 11.8 Å². The van der Waals surface area contributed by atoms with Crippen molar-refractivity contribution in [2.75, 3.05) is 18.1 Å². The standard InChI is InChI=1S/C8H19NSSi/c1-4-11(2,3)8-7-10-6-5-9/h4H,1,5-9H2,2-3H3. The summed E-state index contributed by atoms with van der Waals surface area (Å²) in [4.78, 5) is 0. The van der Waals surface area contributed by atoms with E-state index < -0.39 is 8.07 Å². The van der Waals surface area contributed by atoms with Gasteiger partial charge in [0.25, 0.3) is 0 Å². The predicted octanol–water partition coefficient (Wildman–Crippen LogP) is 2.11. The van der Waals surface area contributed by atoms with Crippen LogP contribution in [-0.4, -0.2) is 26.1 Å². The van der Waals surface area contributed by atoms with Crippen LogP contribution in [0.2, 0.25) is 19.1 Å². The molecule has 66 valence electrons. The second-order valence-corrected chi connectivity index (χ2v) is 9.45. The van der Waals surface area contributed by atoms with E-state index in [-0.39, 0.29) is 0 Å². The summed E-state index contributed by atoms with van der Waals surface area (Å²) in [5.74, 6) is 2.35. The van der Waals surface area contributed by atoms with Crippen LogP contribution in [0, 0.1) is 0 Å². The van der Waals surface area contributed by atoms with Crippen molar-refractivity contribution >= 4 is 19.8 Å². The Bertz CT molecular complexity index is 115. The van der Waals surface area contributed by atoms with Gasteiger partial charge in [-0.05, 0) is 11.8 Å². The van der Waals surface area contributed by atoms with E-state index in [4.69, 9.17) is 5.73 Å². The summed E-state index contributed by atoms with van der Waals surface area (Å²) in [6.45, 7) is 9.37. The van der Waals surface area contributed by atoms with Gasteiger partial charge in [-0.3, -0.25) is 0 Å². The second kappa shape index (κ2) is 5.86. The molecule has 0 amide bonds. The molecule has 0 unspecified atom stereocenters. The first kappa shape index (κ1) is 11.3. The first-order valence-electron chi connectivity index (χ1n) is 4.04. The van der Waals surface area contributed by atoms with E-state index >= 15 is 0 Å². The molecule has 0 rings (SSSR count). The summed E-state index contributed by atoms with van der Waals surface area (Å²) in [5.41, 5.74) is 7.54. The molecule has 0 aromatic rings. The number of nitrogens with two attached hydrogens (primary N) is 1. The zero-order valence-electron chi connectivity index (χ0n) is 7.60. The predicted molar refractivity (Wildman–Crippen MR) is 58.9 cm³/mol. The van der Waals surface area contributed by atoms with Crippen LogP contribution in [0.15, 0.2) is 12.3 Å². The Kier molecular flexibility index (Phi) is 6.00. The molecule has 0 fully saturated rings. The normalized spacial score (nSPS) is 11.5. The van der Waals surface area contributed by atoms with E-state index in [1.807, 2.05) is 11.8 Å². The smallest absolute Gasteiger partial charge is 0.0717 e. The van der Waals surface area contributed by atoms with Gasteiger partial charge in [0, 0.05) is 12.3 Å². The topological polar surface area (TPSA) is 26.0 Å². The van der Waals surface area contributed by atoms with E-state index in [0.717, 1.165) is 12.3 Å². The third-order valence-electron chi connectivity index (χ3n) is 1.71. The molecule has 0 spiro atoms. The number of rotatable bonds is 6. The molecule has 0 radical (unpaired) electrons. The molecule has 0 aromatic heterocycles. The average molecular weight is 189 g/mol. The molecule has 0 aliphatic heterocycles. The molecule has 0 heterocycles. The summed E-state index contributed by atoms with van der Waals surface area (Å²) in [6.07, 6.45) is 0. The molecule has 0 saturated carbocycles. The number of hydrogen-bond acceptors (Lipinski definition) is 2. The van der Waals surface area contributed by atoms with Gasteiger partial charge in [0.05, 0.1) is 8.07 Å². The molecule has 11 heavy (non-hydrogen) atoms. The first-order valence-corrected chi connectivity index (χ1v) is 8.48. The van der Waals surface area contributed by atoms with Crippen LogP contribution in [0.1, 0.15) is 0 Å². The van der Waals surface area contributed by atoms with Crippen molar-refractivity contribution < 1.29 is 0 Å². The SMILES string of the molecule is C=C[Si](C)(C)CCSCCN. The Labute approximate surface area is 75.4 Å². The number of thioether (sulfide) groups is 1. The van der Waals surface area contributed by atoms with Crippen molar-refractivity contribution in [3.05, 3.63) is 12.3 Å². The minimum atomic E-state index is -1.03. The van der Waals surface area contributed by atoms with Crippen molar-refractivity contribution in [1.82, 2.24) is 0 Å². The molecule has 2 N–H and O–H groups in total. The van der Waals surface area contributed by atoms with E-state index in [0.29, 0.717) is 0 Å². The van der Waals surface area contributed by atoms with Crippen LogP contribution in [0.5, 0.6) is 0 Å². The first-order chi connectivity index (χ1) is 5.12. The zero-order chi connectivity index (χ0) is 8.74. The third kappa shape index (κ3) is 6.66. The monoisotopic (exact) mass is 189 g/mol. The van der Waals surface area contributed by atoms with Gasteiger partial charge in [0.2, 0.25) is 0 Å². The molecule has 1 nitrogen and oxygen atoms in total. The maximum Gasteiger partial charge on any atom is 0.0717 e. The largest absolute Gasteiger partial charge is 0.330 e. The number of hydrogen-bond donors (Lipinski definition) is 1. The van der Waals surface area contributed by atoms with Gasteiger partial charge in [-0.1, -0.05) is 13.1 Å². The van der Waals surface area contributed by atoms with Crippen LogP contribution in [0.25, 0.3) is 0 Å². The summed E-state index contributed by atoms with van der Waals surface area (Å²) < 4.78 is 0. The van der Waals surface area contributed by atoms with Gasteiger partial charge in [-0.15, -0.1) is 12.3 Å². The highest BCUT2D eigenvalue weighted by atomic mass is 32.2. The second-order valence-electron chi connectivity index (χ2n) is 3.34. The lowest BCUT2D eigenvalue weighted by molar-refractivity contribution is 1.15. The van der Waals surface area contributed by atoms with Gasteiger partial charge in [-0.25, -0.2) is 0 Å². The summed E-state index contributed by atoms with van der Waals surface area (Å²) in [7, 11) is -1.03. The van der Waals surface area contributed by atoms with Crippen LogP contribution in [0.3, 0.4) is 0 Å². The van der Waals surface area contributed by atoms with Gasteiger partial charge in [0.15, 0.2) is 0 Å². The van der Waals surface area contributed by atoms with Gasteiger partial charge in [-0.2, -0.15) is 11.8 Å². The zero-order valence-corrected chi connectivity index (χ0v) is 9.41. The van der Waals surface area contributed by atoms with Crippen molar-refractivity contribution in [1.29, 1.82) is 0 Å². The summed E-state index contributed by atoms with van der Waals surface area (Å²) in [6, 6.07) is 1.33. The minimum Gasteiger partial charge on any atom is -0.330 e. The van der Waals surface area contributed by atoms with Crippen molar-refractivity contribution in [3.63, 3.8) is 0 Å². The average Bonchev–Trinajstić information content (AvgIpc) is 1.99. The van der Waals surface area contributed by atoms with Crippen molar-refractivity contribution in [2.24, 2.45) is 5.73 Å². The van der Waals surface area contributed by atoms with Crippen LogP contribution >= 0.6 is 11.8 Å². The Morgan fingerprint density at radius 2 is 2.09 bits per heavy atom. The minimum absolute atomic E-state index is 0.806. The molecule has 0 aliphatic rings. The lowest BCUT2D eigenvalue weighted by Gasteiger charge is -2.15. The molecule has 0 atom stereocenters. The van der Waals surface area contributed by atoms with Gasteiger partial charge < -0.3 is 5.73 Å². The Morgan fingerprint density at radius 3 is 2.55 bits per heavy atom. The highest BCUT2D eigenvalue weighted by Gasteiger charge is 2.14. The van der Waals surface area contributed by atoms with Crippen molar-refractivity contribution in [2.45, 2.75) is 19.1 Å². The van der Waals surface area contributed by atoms with Crippen LogP contribution in [0.4, 0.5) is 0 Å². The van der Waals surface area contributed by atoms with Crippen molar-refractivity contribution in [3.8, 4) is 0 Å². The Hall–Kier alpha value is 0.267. The fraction of sp³-hybridized carbons (Fsp3) is 0.750. The quantitative estimate of drug-likeness (QED) is 0.511. The van der Waals surface area contributed by atoms with Gasteiger partial charge in [0.1, 0.15) is 0 Å². The molecular weight excluding hydrogens is 170 g/mol. The highest BCUT2D eigenvalue weighted by Crippen LogP contribution is 2.14. The fourth-order valence-corrected chi connectivity index (χ4v) is 3.88. The molecule has 0 saturated heterocycles. The molecule has 0 aliphatic carbocycles. The summed E-state index contributed by atoms with van der Waals surface area (Å²) >= 11 is 1.96. The Morgan fingerprint density at radius 1 is 1.45 bits per heavy atom. The Balaban J connectivity index is 3.30. The van der Waals surface area contributed by atoms with Crippen LogP contribution in [-0.2, 0) is 0 Å². The lowest BCUT2D eigenvalue weighted by Crippen LogP contribution is -2.22. The highest BCUT2D eigenvalue weighted by molar-refractivity contribution is 7.99. The third-order valence-corrected chi connectivity index (χ3v) is 5.73. The molecule has 0 aromatic carbocycles. The molecule has 3 heteroatoms.